The van der Waals surface area contributed by atoms with Gasteiger partial charge in [-0.25, -0.2) is 4.98 Å². The number of aromatic nitrogens is 2. The van der Waals surface area contributed by atoms with Crippen molar-refractivity contribution in [1.29, 1.82) is 0 Å². The number of carbonyl (C=O) groups excluding carboxylic acids is 1. The molecule has 7 heteroatoms. The van der Waals surface area contributed by atoms with E-state index in [9.17, 15) is 4.79 Å². The van der Waals surface area contributed by atoms with Crippen LogP contribution in [0.2, 0.25) is 0 Å². The summed E-state index contributed by atoms with van der Waals surface area (Å²) >= 11 is 0. The van der Waals surface area contributed by atoms with Gasteiger partial charge in [-0.2, -0.15) is 0 Å². The summed E-state index contributed by atoms with van der Waals surface area (Å²) < 4.78 is 0. The van der Waals surface area contributed by atoms with Gasteiger partial charge < -0.3 is 16.5 Å². The first-order chi connectivity index (χ1) is 5.20. The summed E-state index contributed by atoms with van der Waals surface area (Å²) in [7, 11) is 0. The van der Waals surface area contributed by atoms with Crippen LogP contribution in [0.1, 0.15) is 5.69 Å². The highest BCUT2D eigenvalue weighted by molar-refractivity contribution is 5.85. The summed E-state index contributed by atoms with van der Waals surface area (Å²) in [5.41, 5.74) is 11.2. The van der Waals surface area contributed by atoms with Crippen LogP contribution in [0.3, 0.4) is 0 Å². The van der Waals surface area contributed by atoms with Crippen LogP contribution < -0.4 is 11.5 Å². The van der Waals surface area contributed by atoms with Gasteiger partial charge in [-0.15, -0.1) is 24.8 Å². The molecule has 5 N–H and O–H groups in total. The Morgan fingerprint density at radius 1 is 1.62 bits per heavy atom. The molecule has 0 radical (unpaired) electrons. The van der Waals surface area contributed by atoms with E-state index < -0.39 is 11.9 Å². The van der Waals surface area contributed by atoms with Gasteiger partial charge in [-0.3, -0.25) is 4.79 Å². The molecule has 1 rings (SSSR count). The summed E-state index contributed by atoms with van der Waals surface area (Å²) in [6, 6.07) is -0.629. The summed E-state index contributed by atoms with van der Waals surface area (Å²) in [6.45, 7) is 0. The first-order valence-corrected chi connectivity index (χ1v) is 3.22. The highest BCUT2D eigenvalue weighted by atomic mass is 35.5. The second kappa shape index (κ2) is 6.71. The standard InChI is InChI=1S/C6H10N4O.2ClH/c7-5(6(8)11)1-4-2-9-3-10-4;;/h2-3,5H,1,7H2,(H2,8,11)(H,9,10);2*1H/t5-;;/m0../s1. The van der Waals surface area contributed by atoms with Crippen LogP contribution in [-0.2, 0) is 11.2 Å². The molecule has 76 valence electrons. The number of carbonyl (C=O) groups is 1. The Bertz CT molecular complexity index is 239. The van der Waals surface area contributed by atoms with E-state index in [1.165, 1.54) is 6.33 Å². The van der Waals surface area contributed by atoms with Crippen molar-refractivity contribution < 1.29 is 4.79 Å². The first-order valence-electron chi connectivity index (χ1n) is 3.22. The molecule has 13 heavy (non-hydrogen) atoms. The normalized spacial score (nSPS) is 10.8. The largest absolute Gasteiger partial charge is 0.368 e. The molecule has 5 nitrogen and oxygen atoms in total. The summed E-state index contributed by atoms with van der Waals surface area (Å²) in [6.07, 6.45) is 3.56. The second-order valence-electron chi connectivity index (χ2n) is 2.29. The number of hydrogen-bond donors (Lipinski definition) is 3. The molecule has 0 aliphatic heterocycles. The fourth-order valence-electron chi connectivity index (χ4n) is 0.734. The topological polar surface area (TPSA) is 97.8 Å². The quantitative estimate of drug-likeness (QED) is 0.655. The lowest BCUT2D eigenvalue weighted by Crippen LogP contribution is -2.38. The number of nitrogens with one attached hydrogen (secondary N) is 1. The van der Waals surface area contributed by atoms with E-state index in [4.69, 9.17) is 11.5 Å². The van der Waals surface area contributed by atoms with Crippen LogP contribution in [0.5, 0.6) is 0 Å². The van der Waals surface area contributed by atoms with Gasteiger partial charge in [0.25, 0.3) is 0 Å². The number of hydrogen-bond acceptors (Lipinski definition) is 3. The van der Waals surface area contributed by atoms with Crippen molar-refractivity contribution in [3.63, 3.8) is 0 Å². The Hall–Kier alpha value is -0.780. The molecule has 0 unspecified atom stereocenters. The van der Waals surface area contributed by atoms with E-state index in [0.717, 1.165) is 5.69 Å². The van der Waals surface area contributed by atoms with Crippen molar-refractivity contribution in [2.45, 2.75) is 12.5 Å². The Morgan fingerprint density at radius 2 is 2.23 bits per heavy atom. The number of halogens is 2. The molecule has 0 fully saturated rings. The van der Waals surface area contributed by atoms with Gasteiger partial charge in [0.1, 0.15) is 0 Å². The predicted octanol–water partition coefficient (Wildman–Crippen LogP) is -0.392. The molecule has 0 spiro atoms. The number of primary amides is 1. The maximum atomic E-state index is 10.5. The smallest absolute Gasteiger partial charge is 0.234 e. The lowest BCUT2D eigenvalue weighted by atomic mass is 10.2. The molecular formula is C6H12Cl2N4O. The zero-order chi connectivity index (χ0) is 8.27. The molecule has 0 aromatic carbocycles. The van der Waals surface area contributed by atoms with Gasteiger partial charge in [-0.1, -0.05) is 0 Å². The Morgan fingerprint density at radius 3 is 2.62 bits per heavy atom. The van der Waals surface area contributed by atoms with E-state index in [1.54, 1.807) is 6.20 Å². The maximum absolute atomic E-state index is 10.5. The molecule has 1 aromatic heterocycles. The van der Waals surface area contributed by atoms with Gasteiger partial charge in [0.15, 0.2) is 0 Å². The lowest BCUT2D eigenvalue weighted by molar-refractivity contribution is -0.119. The van der Waals surface area contributed by atoms with E-state index in [-0.39, 0.29) is 24.8 Å². The van der Waals surface area contributed by atoms with Gasteiger partial charge in [0.2, 0.25) is 5.91 Å². The van der Waals surface area contributed by atoms with Crippen molar-refractivity contribution in [3.05, 3.63) is 18.2 Å². The second-order valence-corrected chi connectivity index (χ2v) is 2.29. The highest BCUT2D eigenvalue weighted by Crippen LogP contribution is 1.94. The Kier molecular flexibility index (Phi) is 7.60. The fraction of sp³-hybridized carbons (Fsp3) is 0.333. The van der Waals surface area contributed by atoms with Gasteiger partial charge in [-0.05, 0) is 0 Å². The number of rotatable bonds is 3. The predicted molar refractivity (Wildman–Crippen MR) is 54.0 cm³/mol. The first kappa shape index (κ1) is 14.7. The third kappa shape index (κ3) is 4.72. The number of aromatic amines is 1. The van der Waals surface area contributed by atoms with Crippen molar-refractivity contribution in [3.8, 4) is 0 Å². The summed E-state index contributed by atoms with van der Waals surface area (Å²) in [5, 5.41) is 0. The third-order valence-electron chi connectivity index (χ3n) is 1.36. The SMILES string of the molecule is Cl.Cl.NC(=O)[C@@H](N)Cc1cnc[nH]1. The van der Waals surface area contributed by atoms with Gasteiger partial charge in [0.05, 0.1) is 12.4 Å². The average molecular weight is 227 g/mol. The van der Waals surface area contributed by atoms with Crippen molar-refractivity contribution in [2.75, 3.05) is 0 Å². The van der Waals surface area contributed by atoms with E-state index in [2.05, 4.69) is 9.97 Å². The van der Waals surface area contributed by atoms with E-state index >= 15 is 0 Å². The highest BCUT2D eigenvalue weighted by Gasteiger charge is 2.09. The molecule has 1 atom stereocenters. The molecule has 0 aliphatic rings. The molecule has 0 saturated carbocycles. The molecule has 0 aliphatic carbocycles. The van der Waals surface area contributed by atoms with Gasteiger partial charge in [0, 0.05) is 18.3 Å². The number of imidazole rings is 1. The lowest BCUT2D eigenvalue weighted by Gasteiger charge is -2.03. The van der Waals surface area contributed by atoms with E-state index in [1.807, 2.05) is 0 Å². The number of nitrogens with two attached hydrogens (primary N) is 2. The van der Waals surface area contributed by atoms with E-state index in [0.29, 0.717) is 6.42 Å². The van der Waals surface area contributed by atoms with Crippen molar-refractivity contribution >= 4 is 30.7 Å². The molecule has 1 heterocycles. The molecule has 1 aromatic rings. The van der Waals surface area contributed by atoms with Crippen LogP contribution in [0, 0.1) is 0 Å². The van der Waals surface area contributed by atoms with Crippen molar-refractivity contribution in [1.82, 2.24) is 9.97 Å². The zero-order valence-electron chi connectivity index (χ0n) is 6.77. The van der Waals surface area contributed by atoms with Crippen LogP contribution in [0.15, 0.2) is 12.5 Å². The monoisotopic (exact) mass is 226 g/mol. The van der Waals surface area contributed by atoms with Crippen molar-refractivity contribution in [2.24, 2.45) is 11.5 Å². The minimum Gasteiger partial charge on any atom is -0.368 e. The average Bonchev–Trinajstić information content (AvgIpc) is 2.39. The Labute approximate surface area is 88.1 Å². The van der Waals surface area contributed by atoms with Crippen LogP contribution in [-0.4, -0.2) is 21.9 Å². The molecule has 0 bridgehead atoms. The van der Waals surface area contributed by atoms with Crippen LogP contribution >= 0.6 is 24.8 Å². The fourth-order valence-corrected chi connectivity index (χ4v) is 0.734. The minimum atomic E-state index is -0.629. The molecular weight excluding hydrogens is 215 g/mol. The number of H-pyrrole nitrogens is 1. The number of amides is 1. The van der Waals surface area contributed by atoms with Crippen LogP contribution in [0.25, 0.3) is 0 Å². The maximum Gasteiger partial charge on any atom is 0.234 e. The minimum absolute atomic E-state index is 0. The third-order valence-corrected chi connectivity index (χ3v) is 1.36. The van der Waals surface area contributed by atoms with Gasteiger partial charge >= 0.3 is 0 Å². The summed E-state index contributed by atoms with van der Waals surface area (Å²) in [4.78, 5) is 17.1. The molecule has 1 amide bonds. The zero-order valence-corrected chi connectivity index (χ0v) is 8.40. The Balaban J connectivity index is 0. The number of nitrogens with zero attached hydrogens (tertiary/aromatic N) is 1. The van der Waals surface area contributed by atoms with Crippen LogP contribution in [0.4, 0.5) is 0 Å². The molecule has 0 saturated heterocycles. The summed E-state index contributed by atoms with van der Waals surface area (Å²) in [5.74, 6) is -0.500.